The lowest BCUT2D eigenvalue weighted by Crippen LogP contribution is -2.32. The summed E-state index contributed by atoms with van der Waals surface area (Å²) in [5.41, 5.74) is 5.35. The number of hydrazine groups is 1. The van der Waals surface area contributed by atoms with E-state index in [2.05, 4.69) is 56.6 Å². The van der Waals surface area contributed by atoms with Crippen LogP contribution in [0.15, 0.2) is 69.1 Å². The molecule has 0 fully saturated rings. The number of alkyl halides is 3. The molecular formula is C34H59BrF4N2O2. The number of aliphatic hydroxyl groups is 1. The molecule has 0 aliphatic carbocycles. The van der Waals surface area contributed by atoms with Crippen LogP contribution in [0.2, 0.25) is 0 Å². The van der Waals surface area contributed by atoms with Gasteiger partial charge in [-0.2, -0.15) is 13.2 Å². The van der Waals surface area contributed by atoms with Gasteiger partial charge in [0.25, 0.3) is 0 Å². The smallest absolute Gasteiger partial charge is 0.417 e. The van der Waals surface area contributed by atoms with E-state index in [0.29, 0.717) is 12.2 Å². The summed E-state index contributed by atoms with van der Waals surface area (Å²) in [6.07, 6.45) is 0.302. The highest BCUT2D eigenvalue weighted by atomic mass is 79.9. The molecule has 1 atom stereocenters. The van der Waals surface area contributed by atoms with Crippen LogP contribution < -0.4 is 10.9 Å². The number of benzene rings is 1. The van der Waals surface area contributed by atoms with Gasteiger partial charge in [0.05, 0.1) is 11.4 Å². The van der Waals surface area contributed by atoms with Gasteiger partial charge in [0.1, 0.15) is 12.4 Å². The molecule has 1 unspecified atom stereocenters. The van der Waals surface area contributed by atoms with Crippen LogP contribution in [0, 0.1) is 5.82 Å². The predicted molar refractivity (Wildman–Crippen MR) is 182 cm³/mol. The first kappa shape index (κ1) is 47.8. The Morgan fingerprint density at radius 2 is 1.44 bits per heavy atom. The lowest BCUT2D eigenvalue weighted by Gasteiger charge is -2.23. The molecule has 0 spiro atoms. The normalized spacial score (nSPS) is 12.5. The molecule has 0 heterocycles. The molecule has 0 amide bonds. The Balaban J connectivity index is -0.000000292. The summed E-state index contributed by atoms with van der Waals surface area (Å²) in [6.45, 7) is 25.2. The van der Waals surface area contributed by atoms with E-state index in [-0.39, 0.29) is 5.82 Å². The molecule has 0 radical (unpaired) electrons. The Hall–Kier alpha value is -2.10. The summed E-state index contributed by atoms with van der Waals surface area (Å²) >= 11 is 3.35. The summed E-state index contributed by atoms with van der Waals surface area (Å²) < 4.78 is 54.7. The number of ether oxygens (including phenoxy) is 1. The van der Waals surface area contributed by atoms with E-state index in [1.165, 1.54) is 29.7 Å². The largest absolute Gasteiger partial charge is 0.495 e. The fraction of sp³-hybridized carbons (Fsp3) is 0.588. The van der Waals surface area contributed by atoms with E-state index >= 15 is 0 Å². The van der Waals surface area contributed by atoms with E-state index in [0.717, 1.165) is 34.3 Å². The van der Waals surface area contributed by atoms with Crippen molar-refractivity contribution in [3.8, 4) is 0 Å². The maximum Gasteiger partial charge on any atom is 0.417 e. The van der Waals surface area contributed by atoms with Crippen molar-refractivity contribution in [1.82, 2.24) is 0 Å². The SMILES string of the molecule is C/C(=C\CC/C(C)=C(\C)Br)OCC(O)C(F)(F)F.CC.CC.CC/C(=C(/C)C=C(C)C)N(N)c1ccc(F)cc1.CCC. The third-order valence-electron chi connectivity index (χ3n) is 5.08. The maximum absolute atomic E-state index is 12.9. The van der Waals surface area contributed by atoms with E-state index in [1.54, 1.807) is 30.1 Å². The molecule has 0 aliphatic rings. The summed E-state index contributed by atoms with van der Waals surface area (Å²) in [7, 11) is 0. The predicted octanol–water partition coefficient (Wildman–Crippen LogP) is 11.9. The Kier molecular flexibility index (Phi) is 31.9. The first-order valence-electron chi connectivity index (χ1n) is 15.0. The highest BCUT2D eigenvalue weighted by Crippen LogP contribution is 2.22. The number of aliphatic hydroxyl groups excluding tert-OH is 1. The highest BCUT2D eigenvalue weighted by molar-refractivity contribution is 9.11. The molecule has 0 aliphatic heterocycles. The van der Waals surface area contributed by atoms with E-state index in [1.807, 2.05) is 48.5 Å². The molecule has 1 aromatic rings. The van der Waals surface area contributed by atoms with Crippen molar-refractivity contribution in [3.05, 3.63) is 74.9 Å². The van der Waals surface area contributed by atoms with Gasteiger partial charge >= 0.3 is 6.18 Å². The van der Waals surface area contributed by atoms with E-state index in [4.69, 9.17) is 15.7 Å². The quantitative estimate of drug-likeness (QED) is 0.0847. The van der Waals surface area contributed by atoms with Gasteiger partial charge in [-0.1, -0.05) is 88.0 Å². The summed E-state index contributed by atoms with van der Waals surface area (Å²) in [5.74, 6) is 6.23. The molecule has 0 bridgehead atoms. The second-order valence-electron chi connectivity index (χ2n) is 9.29. The standard InChI is InChI=1S/C15H21FN2.C12H18BrF3O2.C3H8.2C2H6/c1-5-15(12(4)10-11(2)3)18(17)14-8-6-13(16)7-9-14;1-8(10(3)13)5-4-6-9(2)18-7-11(17)12(14,15)16;1-3-2;2*1-2/h6-10H,5,17H2,1-4H3;6,11,17H,4-5,7H2,1-3H3;3H2,1-2H3;2*1-2H3/b15-12+;9-6+,10-8+;;;. The number of anilines is 1. The first-order chi connectivity index (χ1) is 20.0. The van der Waals surface area contributed by atoms with Crippen LogP contribution in [0.5, 0.6) is 0 Å². The minimum absolute atomic E-state index is 0.254. The monoisotopic (exact) mass is 682 g/mol. The summed E-state index contributed by atoms with van der Waals surface area (Å²) in [4.78, 5) is 0. The van der Waals surface area contributed by atoms with Gasteiger partial charge in [-0.05, 0) is 101 Å². The fourth-order valence-corrected chi connectivity index (χ4v) is 3.14. The van der Waals surface area contributed by atoms with E-state index in [9.17, 15) is 17.6 Å². The van der Waals surface area contributed by atoms with Gasteiger partial charge in [-0.15, -0.1) is 0 Å². The van der Waals surface area contributed by atoms with Gasteiger partial charge in [-0.25, -0.2) is 10.2 Å². The molecule has 9 heteroatoms. The van der Waals surface area contributed by atoms with Crippen molar-refractivity contribution in [2.45, 2.75) is 128 Å². The minimum atomic E-state index is -4.63. The van der Waals surface area contributed by atoms with Crippen molar-refractivity contribution in [1.29, 1.82) is 0 Å². The number of rotatable bonds is 10. The maximum atomic E-state index is 12.9. The Morgan fingerprint density at radius 1 is 0.977 bits per heavy atom. The molecule has 4 nitrogen and oxygen atoms in total. The molecule has 1 aromatic carbocycles. The average molecular weight is 684 g/mol. The van der Waals surface area contributed by atoms with Crippen LogP contribution >= 0.6 is 15.9 Å². The lowest BCUT2D eigenvalue weighted by molar-refractivity contribution is -0.214. The number of nitrogens with two attached hydrogens (primary N) is 1. The summed E-state index contributed by atoms with van der Waals surface area (Å²) in [5, 5.41) is 10.3. The number of halogens is 5. The third-order valence-corrected chi connectivity index (χ3v) is 5.75. The first-order valence-corrected chi connectivity index (χ1v) is 15.8. The molecule has 43 heavy (non-hydrogen) atoms. The Labute approximate surface area is 268 Å². The number of hydrogen-bond acceptors (Lipinski definition) is 4. The zero-order valence-electron chi connectivity index (χ0n) is 28.8. The Bertz CT molecular complexity index is 946. The molecule has 0 saturated carbocycles. The van der Waals surface area contributed by atoms with E-state index < -0.39 is 18.9 Å². The molecule has 3 N–H and O–H groups in total. The highest BCUT2D eigenvalue weighted by Gasteiger charge is 2.38. The lowest BCUT2D eigenvalue weighted by atomic mass is 10.1. The van der Waals surface area contributed by atoms with Crippen molar-refractivity contribution < 1.29 is 27.4 Å². The topological polar surface area (TPSA) is 58.7 Å². The molecule has 1 rings (SSSR count). The summed E-state index contributed by atoms with van der Waals surface area (Å²) in [6, 6.07) is 6.19. The van der Waals surface area contributed by atoms with Crippen molar-refractivity contribution in [3.63, 3.8) is 0 Å². The second-order valence-corrected chi connectivity index (χ2v) is 10.5. The number of hydrogen-bond donors (Lipinski definition) is 2. The Morgan fingerprint density at radius 3 is 1.81 bits per heavy atom. The zero-order chi connectivity index (χ0) is 34.8. The second kappa shape index (κ2) is 28.7. The number of nitrogens with zero attached hydrogens (tertiary/aromatic N) is 1. The molecule has 0 saturated heterocycles. The third kappa shape index (κ3) is 26.1. The average Bonchev–Trinajstić information content (AvgIpc) is 2.94. The fourth-order valence-electron chi connectivity index (χ4n) is 2.94. The number of allylic oxidation sites excluding steroid dienone is 8. The van der Waals surface area contributed by atoms with Crippen LogP contribution in [0.3, 0.4) is 0 Å². The van der Waals surface area contributed by atoms with Crippen LogP contribution in [0.4, 0.5) is 23.2 Å². The van der Waals surface area contributed by atoms with Gasteiger partial charge in [0, 0.05) is 5.70 Å². The zero-order valence-corrected chi connectivity index (χ0v) is 30.4. The van der Waals surface area contributed by atoms with Gasteiger partial charge < -0.3 is 9.84 Å². The van der Waals surface area contributed by atoms with Crippen LogP contribution in [0.25, 0.3) is 0 Å². The molecule has 0 aromatic heterocycles. The van der Waals surface area contributed by atoms with Crippen molar-refractivity contribution in [2.24, 2.45) is 5.84 Å². The minimum Gasteiger partial charge on any atom is -0.495 e. The van der Waals surface area contributed by atoms with Crippen LogP contribution in [0.1, 0.15) is 116 Å². The van der Waals surface area contributed by atoms with Gasteiger partial charge in [0.2, 0.25) is 0 Å². The van der Waals surface area contributed by atoms with Gasteiger partial charge in [0.15, 0.2) is 6.10 Å². The van der Waals surface area contributed by atoms with Crippen molar-refractivity contribution >= 4 is 21.6 Å². The van der Waals surface area contributed by atoms with Crippen molar-refractivity contribution in [2.75, 3.05) is 11.6 Å². The molecule has 252 valence electrons. The van der Waals surface area contributed by atoms with Crippen LogP contribution in [-0.2, 0) is 4.74 Å². The van der Waals surface area contributed by atoms with Crippen LogP contribution in [-0.4, -0.2) is 24.0 Å². The van der Waals surface area contributed by atoms with Gasteiger partial charge in [-0.3, -0.25) is 5.01 Å². The molecular weight excluding hydrogens is 624 g/mol.